The molecule has 0 aromatic heterocycles. The van der Waals surface area contributed by atoms with Crippen LogP contribution in [0.5, 0.6) is 0 Å². The van der Waals surface area contributed by atoms with Crippen molar-refractivity contribution in [3.8, 4) is 0 Å². The van der Waals surface area contributed by atoms with Gasteiger partial charge in [-0.05, 0) is 58.4 Å². The molecule has 0 saturated heterocycles. The quantitative estimate of drug-likeness (QED) is 0.141. The second-order valence-electron chi connectivity index (χ2n) is 5.82. The summed E-state index contributed by atoms with van der Waals surface area (Å²) in [6.07, 6.45) is 2.30. The van der Waals surface area contributed by atoms with Gasteiger partial charge in [-0.1, -0.05) is 0 Å². The summed E-state index contributed by atoms with van der Waals surface area (Å²) in [5.41, 5.74) is 10.9. The lowest BCUT2D eigenvalue weighted by Crippen LogP contribution is -2.46. The minimum absolute atomic E-state index is 0.0590. The maximum absolute atomic E-state index is 12.3. The summed E-state index contributed by atoms with van der Waals surface area (Å²) >= 11 is 0. The average molecular weight is 377 g/mol. The maximum Gasteiger partial charge on any atom is 0.404 e. The molecule has 0 spiro atoms. The van der Waals surface area contributed by atoms with E-state index in [0.29, 0.717) is 32.8 Å². The second-order valence-corrected chi connectivity index (χ2v) is 5.82. The largest absolute Gasteiger partial charge is 0.465 e. The number of ether oxygens (including phenoxy) is 1. The number of hydrogen-bond donors (Lipinski definition) is 7. The summed E-state index contributed by atoms with van der Waals surface area (Å²) in [5, 5.41) is 20.0. The number of carbonyl (C=O) groups excluding carboxylic acids is 1. The SMILES string of the molecule is NCCCNCCCC(NCCCN)C(=O)NCCOCCNC(=O)O. The Bertz CT molecular complexity index is 360. The van der Waals surface area contributed by atoms with E-state index in [1.54, 1.807) is 0 Å². The molecule has 0 aliphatic carbocycles. The highest BCUT2D eigenvalue weighted by atomic mass is 16.5. The van der Waals surface area contributed by atoms with Gasteiger partial charge in [-0.3, -0.25) is 4.79 Å². The number of hydrogen-bond acceptors (Lipinski definition) is 7. The molecule has 1 atom stereocenters. The minimum Gasteiger partial charge on any atom is -0.465 e. The smallest absolute Gasteiger partial charge is 0.404 e. The van der Waals surface area contributed by atoms with Crippen LogP contribution in [0.1, 0.15) is 25.7 Å². The highest BCUT2D eigenvalue weighted by Gasteiger charge is 2.16. The summed E-state index contributed by atoms with van der Waals surface area (Å²) in [6.45, 7) is 4.92. The number of amides is 2. The Morgan fingerprint density at radius 2 is 1.50 bits per heavy atom. The molecular formula is C16H36N6O4. The van der Waals surface area contributed by atoms with Gasteiger partial charge in [0, 0.05) is 13.1 Å². The van der Waals surface area contributed by atoms with Crippen molar-refractivity contribution in [2.24, 2.45) is 11.5 Å². The van der Waals surface area contributed by atoms with Crippen molar-refractivity contribution < 1.29 is 19.4 Å². The van der Waals surface area contributed by atoms with Gasteiger partial charge in [-0.2, -0.15) is 0 Å². The number of carboxylic acid groups (broad SMARTS) is 1. The molecule has 0 aliphatic heterocycles. The van der Waals surface area contributed by atoms with Crippen LogP contribution in [0, 0.1) is 0 Å². The van der Waals surface area contributed by atoms with Crippen molar-refractivity contribution in [2.45, 2.75) is 31.7 Å². The molecular weight excluding hydrogens is 340 g/mol. The molecule has 0 heterocycles. The normalized spacial score (nSPS) is 11.9. The van der Waals surface area contributed by atoms with Gasteiger partial charge in [0.2, 0.25) is 5.91 Å². The molecule has 10 nitrogen and oxygen atoms in total. The van der Waals surface area contributed by atoms with Crippen LogP contribution in [0.25, 0.3) is 0 Å². The van der Waals surface area contributed by atoms with E-state index in [1.165, 1.54) is 0 Å². The molecule has 0 saturated carbocycles. The van der Waals surface area contributed by atoms with Gasteiger partial charge >= 0.3 is 6.09 Å². The Labute approximate surface area is 155 Å². The molecule has 0 aromatic rings. The Morgan fingerprint density at radius 3 is 2.15 bits per heavy atom. The molecule has 1 unspecified atom stereocenters. The third-order valence-electron chi connectivity index (χ3n) is 3.56. The van der Waals surface area contributed by atoms with E-state index in [-0.39, 0.29) is 25.1 Å². The average Bonchev–Trinajstić information content (AvgIpc) is 2.61. The van der Waals surface area contributed by atoms with Crippen molar-refractivity contribution >= 4 is 12.0 Å². The molecule has 2 amide bonds. The second kappa shape index (κ2) is 18.3. The van der Waals surface area contributed by atoms with Crippen molar-refractivity contribution in [3.05, 3.63) is 0 Å². The molecule has 0 radical (unpaired) electrons. The predicted octanol–water partition coefficient (Wildman–Crippen LogP) is -1.59. The van der Waals surface area contributed by atoms with E-state index in [4.69, 9.17) is 21.3 Å². The van der Waals surface area contributed by atoms with Crippen LogP contribution in [0.3, 0.4) is 0 Å². The Morgan fingerprint density at radius 1 is 0.885 bits per heavy atom. The summed E-state index contributed by atoms with van der Waals surface area (Å²) in [5.74, 6) is -0.0590. The van der Waals surface area contributed by atoms with Crippen LogP contribution in [-0.4, -0.2) is 82.2 Å². The van der Waals surface area contributed by atoms with Crippen molar-refractivity contribution in [1.29, 1.82) is 0 Å². The molecule has 0 aliphatic rings. The maximum atomic E-state index is 12.3. The first kappa shape index (κ1) is 24.5. The third-order valence-corrected chi connectivity index (χ3v) is 3.56. The first-order chi connectivity index (χ1) is 12.6. The first-order valence-electron chi connectivity index (χ1n) is 9.28. The lowest BCUT2D eigenvalue weighted by molar-refractivity contribution is -0.123. The van der Waals surface area contributed by atoms with Gasteiger partial charge in [0.1, 0.15) is 0 Å². The fraction of sp³-hybridized carbons (Fsp3) is 0.875. The molecule has 26 heavy (non-hydrogen) atoms. The number of nitrogens with one attached hydrogen (secondary N) is 4. The van der Waals surface area contributed by atoms with E-state index in [1.807, 2.05) is 0 Å². The van der Waals surface area contributed by atoms with Gasteiger partial charge < -0.3 is 42.6 Å². The van der Waals surface area contributed by atoms with Crippen molar-refractivity contribution in [1.82, 2.24) is 21.3 Å². The minimum atomic E-state index is -1.08. The highest BCUT2D eigenvalue weighted by Crippen LogP contribution is 1.98. The Hall–Kier alpha value is -1.46. The fourth-order valence-corrected chi connectivity index (χ4v) is 2.19. The standard InChI is InChI=1S/C16H36N6O4/c17-5-2-8-19-7-1-4-14(20-9-3-6-18)15(23)21-10-12-26-13-11-22-16(24)25/h14,19-20,22H,1-13,17-18H2,(H,21,23)(H,24,25). The van der Waals surface area contributed by atoms with Gasteiger partial charge in [0.05, 0.1) is 19.3 Å². The van der Waals surface area contributed by atoms with Crippen molar-refractivity contribution in [2.75, 3.05) is 59.0 Å². The zero-order chi connectivity index (χ0) is 19.5. The van der Waals surface area contributed by atoms with Gasteiger partial charge in [0.15, 0.2) is 0 Å². The topological polar surface area (TPSA) is 164 Å². The molecule has 0 rings (SSSR count). The van der Waals surface area contributed by atoms with E-state index in [9.17, 15) is 9.59 Å². The van der Waals surface area contributed by atoms with Gasteiger partial charge in [-0.25, -0.2) is 4.79 Å². The van der Waals surface area contributed by atoms with Gasteiger partial charge in [0.25, 0.3) is 0 Å². The fourth-order valence-electron chi connectivity index (χ4n) is 2.19. The lowest BCUT2D eigenvalue weighted by Gasteiger charge is -2.18. The zero-order valence-electron chi connectivity index (χ0n) is 15.6. The summed E-state index contributed by atoms with van der Waals surface area (Å²) in [7, 11) is 0. The highest BCUT2D eigenvalue weighted by molar-refractivity contribution is 5.81. The molecule has 10 heteroatoms. The van der Waals surface area contributed by atoms with Crippen LogP contribution in [-0.2, 0) is 9.53 Å². The lowest BCUT2D eigenvalue weighted by atomic mass is 10.1. The number of rotatable bonds is 18. The number of carbonyl (C=O) groups is 2. The number of nitrogens with two attached hydrogens (primary N) is 2. The third kappa shape index (κ3) is 16.0. The van der Waals surface area contributed by atoms with Crippen LogP contribution in [0.15, 0.2) is 0 Å². The predicted molar refractivity (Wildman–Crippen MR) is 101 cm³/mol. The molecule has 0 aromatic carbocycles. The van der Waals surface area contributed by atoms with Crippen LogP contribution >= 0.6 is 0 Å². The Kier molecular flexibility index (Phi) is 17.3. The molecule has 0 fully saturated rings. The van der Waals surface area contributed by atoms with E-state index in [0.717, 1.165) is 38.8 Å². The molecule has 154 valence electrons. The van der Waals surface area contributed by atoms with Crippen molar-refractivity contribution in [3.63, 3.8) is 0 Å². The zero-order valence-corrected chi connectivity index (χ0v) is 15.6. The summed E-state index contributed by atoms with van der Waals surface area (Å²) in [6, 6.07) is -0.258. The van der Waals surface area contributed by atoms with E-state index < -0.39 is 6.09 Å². The van der Waals surface area contributed by atoms with Crippen LogP contribution < -0.4 is 32.7 Å². The monoisotopic (exact) mass is 376 g/mol. The van der Waals surface area contributed by atoms with E-state index in [2.05, 4.69) is 21.3 Å². The first-order valence-corrected chi connectivity index (χ1v) is 9.28. The summed E-state index contributed by atoms with van der Waals surface area (Å²) < 4.78 is 5.25. The van der Waals surface area contributed by atoms with E-state index >= 15 is 0 Å². The molecule has 0 bridgehead atoms. The van der Waals surface area contributed by atoms with Crippen LogP contribution in [0.2, 0.25) is 0 Å². The molecule has 9 N–H and O–H groups in total. The summed E-state index contributed by atoms with van der Waals surface area (Å²) in [4.78, 5) is 22.6. The Balaban J connectivity index is 3.92. The van der Waals surface area contributed by atoms with Crippen LogP contribution in [0.4, 0.5) is 4.79 Å². The van der Waals surface area contributed by atoms with Gasteiger partial charge in [-0.15, -0.1) is 0 Å².